The van der Waals surface area contributed by atoms with Crippen molar-refractivity contribution in [3.63, 3.8) is 0 Å². The number of hydrogen-bond donors (Lipinski definition) is 2. The van der Waals surface area contributed by atoms with Crippen LogP contribution in [0.1, 0.15) is 129 Å². The molecule has 0 aliphatic heterocycles. The number of carboxylic acids is 2. The molecular formula is C37H56CoN2O6. The molecule has 0 heterocycles. The Bertz CT molecular complexity index is 1190. The van der Waals surface area contributed by atoms with Crippen molar-refractivity contribution in [3.05, 3.63) is 57.6 Å². The van der Waals surface area contributed by atoms with Crippen LogP contribution in [0, 0.1) is 11.8 Å². The molecule has 259 valence electrons. The number of carbonyl (C=O) groups is 2. The van der Waals surface area contributed by atoms with Crippen molar-refractivity contribution >= 4 is 24.4 Å². The van der Waals surface area contributed by atoms with Crippen LogP contribution in [-0.2, 0) is 50.0 Å². The van der Waals surface area contributed by atoms with Gasteiger partial charge in [-0.1, -0.05) is 81.4 Å². The molecule has 0 spiro atoms. The van der Waals surface area contributed by atoms with E-state index in [9.17, 15) is 10.2 Å². The molecule has 2 rings (SSSR count). The molecule has 0 atom stereocenters. The van der Waals surface area contributed by atoms with Gasteiger partial charge >= 0.3 is 16.8 Å². The van der Waals surface area contributed by atoms with E-state index in [1.54, 1.807) is 12.4 Å². The van der Waals surface area contributed by atoms with Gasteiger partial charge in [-0.3, -0.25) is 9.98 Å². The van der Waals surface area contributed by atoms with Gasteiger partial charge in [0.2, 0.25) is 0 Å². The average Bonchev–Trinajstić information content (AvgIpc) is 2.86. The number of nitrogens with zero attached hydrogens (tertiary/aromatic N) is 2. The molecule has 0 saturated carbocycles. The Kier molecular flexibility index (Phi) is 20.4. The van der Waals surface area contributed by atoms with Crippen molar-refractivity contribution in [3.8, 4) is 11.5 Å². The van der Waals surface area contributed by atoms with Crippen LogP contribution in [-0.4, -0.2) is 41.2 Å². The largest absolute Gasteiger partial charge is 2.00 e. The molecule has 0 aliphatic rings. The third-order valence-corrected chi connectivity index (χ3v) is 6.66. The minimum atomic E-state index is -1.08. The van der Waals surface area contributed by atoms with E-state index in [-0.39, 0.29) is 34.3 Å². The van der Waals surface area contributed by atoms with E-state index in [1.807, 2.05) is 12.1 Å². The zero-order valence-electron chi connectivity index (χ0n) is 29.9. The Morgan fingerprint density at radius 1 is 0.696 bits per heavy atom. The number of hydrogen-bond acceptors (Lipinski definition) is 8. The zero-order valence-corrected chi connectivity index (χ0v) is 31.0. The Morgan fingerprint density at radius 2 is 0.978 bits per heavy atom. The second-order valence-corrected chi connectivity index (χ2v) is 14.3. The number of carboxylic acid groups (broad SMARTS) is 2. The van der Waals surface area contributed by atoms with Gasteiger partial charge in [-0.25, -0.2) is 0 Å². The first-order chi connectivity index (χ1) is 20.6. The number of phenols is 2. The maximum atomic E-state index is 11.0. The van der Waals surface area contributed by atoms with Crippen molar-refractivity contribution in [1.29, 1.82) is 0 Å². The first-order valence-corrected chi connectivity index (χ1v) is 15.6. The fourth-order valence-electron chi connectivity index (χ4n) is 4.30. The van der Waals surface area contributed by atoms with Crippen LogP contribution >= 0.6 is 0 Å². The van der Waals surface area contributed by atoms with E-state index in [0.29, 0.717) is 23.3 Å². The monoisotopic (exact) mass is 683 g/mol. The summed E-state index contributed by atoms with van der Waals surface area (Å²) in [6.45, 7) is 23.8. The van der Waals surface area contributed by atoms with Crippen molar-refractivity contribution in [1.82, 2.24) is 0 Å². The number of carbonyl (C=O) groups excluding carboxylic acids is 2. The predicted molar refractivity (Wildman–Crippen MR) is 181 cm³/mol. The van der Waals surface area contributed by atoms with Crippen LogP contribution in [0.3, 0.4) is 0 Å². The van der Waals surface area contributed by atoms with Crippen LogP contribution in [0.4, 0.5) is 0 Å². The molecular weight excluding hydrogens is 627 g/mol. The molecule has 0 amide bonds. The third-order valence-electron chi connectivity index (χ3n) is 6.66. The molecule has 9 heteroatoms. The number of aliphatic carboxylic acids is 2. The summed E-state index contributed by atoms with van der Waals surface area (Å²) in [4.78, 5) is 26.8. The minimum absolute atomic E-state index is 0. The van der Waals surface area contributed by atoms with Gasteiger partial charge in [0.05, 0.1) is 0 Å². The first kappa shape index (κ1) is 45.0. The van der Waals surface area contributed by atoms with Crippen molar-refractivity contribution in [2.24, 2.45) is 21.8 Å². The third kappa shape index (κ3) is 18.7. The van der Waals surface area contributed by atoms with Gasteiger partial charge in [0.1, 0.15) is 18.2 Å². The normalized spacial score (nSPS) is 11.6. The summed E-state index contributed by atoms with van der Waals surface area (Å²) < 4.78 is 0. The Balaban J connectivity index is 0. The Labute approximate surface area is 287 Å². The second-order valence-electron chi connectivity index (χ2n) is 14.3. The zero-order chi connectivity index (χ0) is 35.1. The smallest absolute Gasteiger partial charge is 0.550 e. The molecule has 0 aliphatic carbocycles. The summed E-state index contributed by atoms with van der Waals surface area (Å²) in [5.41, 5.74) is 5.46. The molecule has 1 radical (unpaired) electrons. The molecule has 46 heavy (non-hydrogen) atoms. The van der Waals surface area contributed by atoms with Crippen LogP contribution in [0.15, 0.2) is 34.3 Å². The number of aryl methyl sites for hydroxylation is 2. The van der Waals surface area contributed by atoms with Gasteiger partial charge in [0.25, 0.3) is 0 Å². The summed E-state index contributed by atoms with van der Waals surface area (Å²) in [5.74, 6) is -0.340. The van der Waals surface area contributed by atoms with E-state index < -0.39 is 11.9 Å². The number of aliphatic imine (C=N–C) groups is 2. The maximum absolute atomic E-state index is 11.0. The van der Waals surface area contributed by atoms with Gasteiger partial charge in [0.15, 0.2) is 0 Å². The maximum Gasteiger partial charge on any atom is 2.00 e. The number of phenolic OH excluding ortho intramolecular Hbond substituents is 2. The van der Waals surface area contributed by atoms with Crippen molar-refractivity contribution in [2.75, 3.05) is 6.67 Å². The molecule has 2 aromatic rings. The van der Waals surface area contributed by atoms with Gasteiger partial charge in [-0.2, -0.15) is 0 Å². The standard InChI is InChI=1S/C33H50N2O2.2C2H4O2.Co/c1-22(2)11-13-24-15-26(30(36)28(17-24)32(5,6)7)19-34-21-35-20-27-16-25(14-12-23(3)4)18-29(31(27)37)33(8,9)10;2*1-2(3)4;/h15-20,22-23,36-37H,11-14,21H2,1-10H3;2*1H3,(H,3,4);/q;;;+2/p-2. The molecule has 0 bridgehead atoms. The summed E-state index contributed by atoms with van der Waals surface area (Å²) in [7, 11) is 0. The average molecular weight is 684 g/mol. The van der Waals surface area contributed by atoms with E-state index in [1.165, 1.54) is 11.1 Å². The molecule has 0 saturated heterocycles. The van der Waals surface area contributed by atoms with E-state index >= 15 is 0 Å². The van der Waals surface area contributed by atoms with Crippen LogP contribution in [0.25, 0.3) is 0 Å². The number of aromatic hydroxyl groups is 2. The van der Waals surface area contributed by atoms with Gasteiger partial charge < -0.3 is 30.0 Å². The fourth-order valence-corrected chi connectivity index (χ4v) is 4.30. The Morgan fingerprint density at radius 3 is 1.22 bits per heavy atom. The van der Waals surface area contributed by atoms with E-state index in [0.717, 1.165) is 61.8 Å². The summed E-state index contributed by atoms with van der Waals surface area (Å²) in [5, 5.41) is 39.7. The van der Waals surface area contributed by atoms with Gasteiger partial charge in [-0.05, 0) is 85.5 Å². The van der Waals surface area contributed by atoms with Gasteiger partial charge in [-0.15, -0.1) is 0 Å². The fraction of sp³-hybridized carbons (Fsp3) is 0.568. The summed E-state index contributed by atoms with van der Waals surface area (Å²) >= 11 is 0. The van der Waals surface area contributed by atoms with Crippen LogP contribution in [0.2, 0.25) is 0 Å². The van der Waals surface area contributed by atoms with Gasteiger partial charge in [0, 0.05) is 46.6 Å². The quantitative estimate of drug-likeness (QED) is 0.300. The second kappa shape index (κ2) is 20.8. The van der Waals surface area contributed by atoms with Crippen molar-refractivity contribution < 1.29 is 46.8 Å². The Hall–Kier alpha value is -3.17. The first-order valence-electron chi connectivity index (χ1n) is 15.6. The van der Waals surface area contributed by atoms with E-state index in [4.69, 9.17) is 19.8 Å². The molecule has 2 aromatic carbocycles. The molecule has 0 unspecified atom stereocenters. The number of rotatable bonds is 10. The topological polar surface area (TPSA) is 145 Å². The summed E-state index contributed by atoms with van der Waals surface area (Å²) in [6.07, 6.45) is 7.60. The summed E-state index contributed by atoms with van der Waals surface area (Å²) in [6, 6.07) is 8.35. The molecule has 8 nitrogen and oxygen atoms in total. The van der Waals surface area contributed by atoms with Crippen LogP contribution in [0.5, 0.6) is 11.5 Å². The van der Waals surface area contributed by atoms with E-state index in [2.05, 4.69) is 91.4 Å². The molecule has 0 aromatic heterocycles. The molecule has 2 N–H and O–H groups in total. The predicted octanol–water partition coefficient (Wildman–Crippen LogP) is 5.88. The SMILES string of the molecule is CC(=O)[O-].CC(=O)[O-].CC(C)CCc1cc(C=NCN=Cc2cc(CCC(C)C)cc(C(C)(C)C)c2O)c(O)c(C(C)(C)C)c1.[Co+2]. The number of benzene rings is 2. The van der Waals surface area contributed by atoms with Crippen LogP contribution < -0.4 is 10.2 Å². The van der Waals surface area contributed by atoms with Crippen molar-refractivity contribution in [2.45, 2.75) is 120 Å². The molecule has 0 fully saturated rings. The minimum Gasteiger partial charge on any atom is -0.550 e.